The molecule has 100 valence electrons. The molecule has 1 amide bonds. The van der Waals surface area contributed by atoms with E-state index in [0.717, 1.165) is 17.0 Å². The number of aryl methyl sites for hydroxylation is 1. The molecule has 0 heterocycles. The fraction of sp³-hybridized carbons (Fsp3) is 0.500. The van der Waals surface area contributed by atoms with Gasteiger partial charge in [-0.2, -0.15) is 0 Å². The van der Waals surface area contributed by atoms with E-state index in [1.165, 1.54) is 0 Å². The topological polar surface area (TPSA) is 64.3 Å². The van der Waals surface area contributed by atoms with Crippen molar-refractivity contribution in [2.45, 2.75) is 27.2 Å². The standard InChI is InChI=1S/C14H22N2O2/c1-4-18-12-5-6-13(11(3)8-12)16-14(17)7-10(2)9-15/h5-6,8,10H,4,7,9,15H2,1-3H3,(H,16,17). The first-order chi connectivity index (χ1) is 8.56. The number of rotatable bonds is 6. The molecular weight excluding hydrogens is 228 g/mol. The van der Waals surface area contributed by atoms with Crippen molar-refractivity contribution in [1.29, 1.82) is 0 Å². The predicted octanol–water partition coefficient (Wildman–Crippen LogP) is 2.32. The Morgan fingerprint density at radius 1 is 1.50 bits per heavy atom. The van der Waals surface area contributed by atoms with Crippen molar-refractivity contribution < 1.29 is 9.53 Å². The molecule has 0 saturated carbocycles. The summed E-state index contributed by atoms with van der Waals surface area (Å²) in [4.78, 5) is 11.7. The zero-order chi connectivity index (χ0) is 13.5. The number of nitrogens with one attached hydrogen (secondary N) is 1. The monoisotopic (exact) mass is 250 g/mol. The van der Waals surface area contributed by atoms with Crippen molar-refractivity contribution in [3.8, 4) is 5.75 Å². The highest BCUT2D eigenvalue weighted by molar-refractivity contribution is 5.91. The average molecular weight is 250 g/mol. The molecule has 3 N–H and O–H groups in total. The Hall–Kier alpha value is -1.55. The minimum Gasteiger partial charge on any atom is -0.494 e. The number of ether oxygens (including phenoxy) is 1. The van der Waals surface area contributed by atoms with Crippen LogP contribution >= 0.6 is 0 Å². The third kappa shape index (κ3) is 4.37. The maximum Gasteiger partial charge on any atom is 0.224 e. The van der Waals surface area contributed by atoms with Crippen molar-refractivity contribution >= 4 is 11.6 Å². The molecule has 18 heavy (non-hydrogen) atoms. The molecule has 0 aliphatic heterocycles. The summed E-state index contributed by atoms with van der Waals surface area (Å²) in [6.07, 6.45) is 0.448. The van der Waals surface area contributed by atoms with Crippen LogP contribution in [-0.2, 0) is 4.79 Å². The zero-order valence-corrected chi connectivity index (χ0v) is 11.3. The molecule has 4 heteroatoms. The van der Waals surface area contributed by atoms with Gasteiger partial charge in [0.05, 0.1) is 6.61 Å². The summed E-state index contributed by atoms with van der Waals surface area (Å²) in [5.74, 6) is 1.02. The van der Waals surface area contributed by atoms with Crippen LogP contribution in [0.25, 0.3) is 0 Å². The Balaban J connectivity index is 2.64. The Labute approximate surface area is 109 Å². The van der Waals surface area contributed by atoms with Crippen LogP contribution in [0.3, 0.4) is 0 Å². The predicted molar refractivity (Wildman–Crippen MR) is 73.8 cm³/mol. The van der Waals surface area contributed by atoms with Gasteiger partial charge in [-0.15, -0.1) is 0 Å². The van der Waals surface area contributed by atoms with Gasteiger partial charge in [0.15, 0.2) is 0 Å². The first-order valence-electron chi connectivity index (χ1n) is 6.30. The van der Waals surface area contributed by atoms with E-state index >= 15 is 0 Å². The Kier molecular flexibility index (Phi) is 5.65. The van der Waals surface area contributed by atoms with Gasteiger partial charge in [0.2, 0.25) is 5.91 Å². The highest BCUT2D eigenvalue weighted by Gasteiger charge is 2.09. The van der Waals surface area contributed by atoms with Gasteiger partial charge in [0, 0.05) is 12.1 Å². The SMILES string of the molecule is CCOc1ccc(NC(=O)CC(C)CN)c(C)c1. The van der Waals surface area contributed by atoms with Crippen LogP contribution in [0.4, 0.5) is 5.69 Å². The lowest BCUT2D eigenvalue weighted by molar-refractivity contribution is -0.116. The summed E-state index contributed by atoms with van der Waals surface area (Å²) in [6, 6.07) is 5.65. The van der Waals surface area contributed by atoms with Crippen LogP contribution in [0.15, 0.2) is 18.2 Å². The van der Waals surface area contributed by atoms with Crippen molar-refractivity contribution in [3.05, 3.63) is 23.8 Å². The normalized spacial score (nSPS) is 12.0. The second kappa shape index (κ2) is 7.01. The molecule has 0 spiro atoms. The number of carbonyl (C=O) groups is 1. The molecule has 1 rings (SSSR count). The lowest BCUT2D eigenvalue weighted by atomic mass is 10.1. The molecule has 1 unspecified atom stereocenters. The summed E-state index contributed by atoms with van der Waals surface area (Å²) in [6.45, 7) is 7.02. The molecule has 0 aliphatic carbocycles. The van der Waals surface area contributed by atoms with E-state index in [-0.39, 0.29) is 11.8 Å². The number of nitrogens with two attached hydrogens (primary N) is 1. The molecule has 4 nitrogen and oxygen atoms in total. The van der Waals surface area contributed by atoms with E-state index in [9.17, 15) is 4.79 Å². The average Bonchev–Trinajstić information content (AvgIpc) is 2.33. The van der Waals surface area contributed by atoms with Crippen LogP contribution in [-0.4, -0.2) is 19.1 Å². The molecule has 1 atom stereocenters. The number of amides is 1. The summed E-state index contributed by atoms with van der Waals surface area (Å²) in [5.41, 5.74) is 7.32. The number of anilines is 1. The van der Waals surface area contributed by atoms with Crippen LogP contribution in [0.1, 0.15) is 25.8 Å². The van der Waals surface area contributed by atoms with Gasteiger partial charge >= 0.3 is 0 Å². The van der Waals surface area contributed by atoms with Crippen molar-refractivity contribution in [3.63, 3.8) is 0 Å². The zero-order valence-electron chi connectivity index (χ0n) is 11.3. The van der Waals surface area contributed by atoms with E-state index in [2.05, 4.69) is 5.32 Å². The summed E-state index contributed by atoms with van der Waals surface area (Å²) < 4.78 is 5.40. The number of carbonyl (C=O) groups excluding carboxylic acids is 1. The third-order valence-corrected chi connectivity index (χ3v) is 2.72. The van der Waals surface area contributed by atoms with E-state index in [1.54, 1.807) is 0 Å². The Bertz CT molecular complexity index is 405. The summed E-state index contributed by atoms with van der Waals surface area (Å²) >= 11 is 0. The molecule has 1 aromatic rings. The summed E-state index contributed by atoms with van der Waals surface area (Å²) in [5, 5.41) is 2.89. The smallest absolute Gasteiger partial charge is 0.224 e. The summed E-state index contributed by atoms with van der Waals surface area (Å²) in [7, 11) is 0. The molecule has 0 radical (unpaired) electrons. The van der Waals surface area contributed by atoms with Crippen molar-refractivity contribution in [1.82, 2.24) is 0 Å². The number of hydrogen-bond acceptors (Lipinski definition) is 3. The van der Waals surface area contributed by atoms with Crippen LogP contribution in [0.2, 0.25) is 0 Å². The van der Waals surface area contributed by atoms with Gasteiger partial charge in [-0.3, -0.25) is 4.79 Å². The van der Waals surface area contributed by atoms with Gasteiger partial charge in [0.1, 0.15) is 5.75 Å². The molecule has 0 bridgehead atoms. The Morgan fingerprint density at radius 2 is 2.22 bits per heavy atom. The third-order valence-electron chi connectivity index (χ3n) is 2.72. The van der Waals surface area contributed by atoms with Gasteiger partial charge in [-0.1, -0.05) is 6.92 Å². The maximum absolute atomic E-state index is 11.7. The molecule has 0 saturated heterocycles. The molecule has 0 aliphatic rings. The van der Waals surface area contributed by atoms with E-state index in [0.29, 0.717) is 19.6 Å². The first kappa shape index (κ1) is 14.5. The Morgan fingerprint density at radius 3 is 2.78 bits per heavy atom. The number of hydrogen-bond donors (Lipinski definition) is 2. The fourth-order valence-corrected chi connectivity index (χ4v) is 1.63. The van der Waals surface area contributed by atoms with Crippen molar-refractivity contribution in [2.24, 2.45) is 11.7 Å². The first-order valence-corrected chi connectivity index (χ1v) is 6.30. The molecule has 0 fully saturated rings. The largest absolute Gasteiger partial charge is 0.494 e. The lowest BCUT2D eigenvalue weighted by Gasteiger charge is -2.12. The van der Waals surface area contributed by atoms with Gasteiger partial charge < -0.3 is 15.8 Å². The minimum absolute atomic E-state index is 0.000194. The fourth-order valence-electron chi connectivity index (χ4n) is 1.63. The van der Waals surface area contributed by atoms with E-state index in [1.807, 2.05) is 39.0 Å². The highest BCUT2D eigenvalue weighted by atomic mass is 16.5. The van der Waals surface area contributed by atoms with Gasteiger partial charge in [-0.05, 0) is 50.1 Å². The van der Waals surface area contributed by atoms with E-state index in [4.69, 9.17) is 10.5 Å². The number of benzene rings is 1. The second-order valence-electron chi connectivity index (χ2n) is 4.50. The van der Waals surface area contributed by atoms with Gasteiger partial charge in [-0.25, -0.2) is 0 Å². The van der Waals surface area contributed by atoms with Crippen molar-refractivity contribution in [2.75, 3.05) is 18.5 Å². The van der Waals surface area contributed by atoms with Crippen LogP contribution < -0.4 is 15.8 Å². The van der Waals surface area contributed by atoms with Crippen LogP contribution in [0, 0.1) is 12.8 Å². The molecule has 0 aromatic heterocycles. The molecule has 1 aromatic carbocycles. The molecular formula is C14H22N2O2. The van der Waals surface area contributed by atoms with Crippen LogP contribution in [0.5, 0.6) is 5.75 Å². The highest BCUT2D eigenvalue weighted by Crippen LogP contribution is 2.21. The lowest BCUT2D eigenvalue weighted by Crippen LogP contribution is -2.20. The minimum atomic E-state index is 0.000194. The second-order valence-corrected chi connectivity index (χ2v) is 4.50. The quantitative estimate of drug-likeness (QED) is 0.814. The van der Waals surface area contributed by atoms with Gasteiger partial charge in [0.25, 0.3) is 0 Å². The maximum atomic E-state index is 11.7. The van der Waals surface area contributed by atoms with E-state index < -0.39 is 0 Å².